The molecule has 3 aromatic carbocycles. The zero-order valence-corrected chi connectivity index (χ0v) is 15.5. The van der Waals surface area contributed by atoms with Gasteiger partial charge in [0.2, 0.25) is 5.91 Å². The maximum atomic E-state index is 13.1. The number of hydrogen-bond donors (Lipinski definition) is 0. The number of fused-ring (bicyclic) bond motifs is 1. The minimum Gasteiger partial charge on any atom is -0.456 e. The van der Waals surface area contributed by atoms with Gasteiger partial charge in [-0.1, -0.05) is 54.6 Å². The van der Waals surface area contributed by atoms with Gasteiger partial charge in [-0.15, -0.1) is 0 Å². The lowest BCUT2D eigenvalue weighted by Crippen LogP contribution is -2.37. The molecular weight excluding hydrogens is 350 g/mol. The molecule has 0 radical (unpaired) electrons. The van der Waals surface area contributed by atoms with Gasteiger partial charge in [-0.2, -0.15) is 0 Å². The lowest BCUT2D eigenvalue weighted by atomic mass is 9.83. The van der Waals surface area contributed by atoms with Crippen molar-refractivity contribution in [2.24, 2.45) is 0 Å². The molecule has 28 heavy (non-hydrogen) atoms. The van der Waals surface area contributed by atoms with E-state index in [9.17, 15) is 9.59 Å². The highest BCUT2D eigenvalue weighted by Crippen LogP contribution is 2.42. The van der Waals surface area contributed by atoms with Crippen molar-refractivity contribution in [3.05, 3.63) is 89.1 Å². The lowest BCUT2D eigenvalue weighted by molar-refractivity contribution is -0.136. The molecule has 4 nitrogen and oxygen atoms in total. The Morgan fingerprint density at radius 3 is 2.57 bits per heavy atom. The third-order valence-corrected chi connectivity index (χ3v) is 5.55. The Bertz CT molecular complexity index is 1160. The summed E-state index contributed by atoms with van der Waals surface area (Å²) in [6.45, 7) is 2.12. The van der Waals surface area contributed by atoms with E-state index in [1.807, 2.05) is 61.5 Å². The van der Waals surface area contributed by atoms with Crippen LogP contribution in [0.25, 0.3) is 10.8 Å². The molecule has 0 saturated heterocycles. The SMILES string of the molecule is Cc1cccc(N2C(=O)CC(c3ccc4ccccc4c3)C3=C2COC3=O)c1. The number of cyclic esters (lactones) is 1. The number of benzene rings is 3. The average Bonchev–Trinajstić information content (AvgIpc) is 3.08. The van der Waals surface area contributed by atoms with E-state index in [2.05, 4.69) is 12.1 Å². The smallest absolute Gasteiger partial charge is 0.336 e. The van der Waals surface area contributed by atoms with E-state index in [4.69, 9.17) is 4.74 Å². The highest BCUT2D eigenvalue weighted by molar-refractivity contribution is 6.06. The molecule has 3 aromatic rings. The predicted octanol–water partition coefficient (Wildman–Crippen LogP) is 4.48. The Kier molecular flexibility index (Phi) is 3.79. The summed E-state index contributed by atoms with van der Waals surface area (Å²) < 4.78 is 5.36. The minimum absolute atomic E-state index is 0.0131. The fourth-order valence-corrected chi connectivity index (χ4v) is 4.23. The molecule has 2 heterocycles. The summed E-state index contributed by atoms with van der Waals surface area (Å²) in [6, 6.07) is 22.0. The van der Waals surface area contributed by atoms with Crippen molar-refractivity contribution in [3.8, 4) is 0 Å². The normalized spacial score (nSPS) is 19.2. The van der Waals surface area contributed by atoms with Crippen LogP contribution in [0.15, 0.2) is 78.0 Å². The van der Waals surface area contributed by atoms with E-state index in [0.29, 0.717) is 11.3 Å². The molecule has 1 amide bonds. The molecule has 138 valence electrons. The number of carbonyl (C=O) groups excluding carboxylic acids is 2. The van der Waals surface area contributed by atoms with Gasteiger partial charge in [0, 0.05) is 18.0 Å². The van der Waals surface area contributed by atoms with Gasteiger partial charge >= 0.3 is 5.97 Å². The number of anilines is 1. The first-order chi connectivity index (χ1) is 13.6. The Morgan fingerprint density at radius 2 is 1.75 bits per heavy atom. The number of aryl methyl sites for hydroxylation is 1. The van der Waals surface area contributed by atoms with Crippen LogP contribution in [0.2, 0.25) is 0 Å². The summed E-state index contributed by atoms with van der Waals surface area (Å²) in [4.78, 5) is 27.4. The van der Waals surface area contributed by atoms with Crippen LogP contribution in [0, 0.1) is 6.92 Å². The molecule has 0 aromatic heterocycles. The third kappa shape index (κ3) is 2.61. The second kappa shape index (κ2) is 6.34. The molecule has 0 bridgehead atoms. The molecule has 2 aliphatic heterocycles. The molecule has 0 saturated carbocycles. The van der Waals surface area contributed by atoms with Crippen molar-refractivity contribution in [1.82, 2.24) is 0 Å². The molecule has 0 spiro atoms. The zero-order chi connectivity index (χ0) is 19.3. The first-order valence-electron chi connectivity index (χ1n) is 9.40. The van der Waals surface area contributed by atoms with Gasteiger partial charge in [0.15, 0.2) is 0 Å². The van der Waals surface area contributed by atoms with Gasteiger partial charge in [-0.3, -0.25) is 9.69 Å². The maximum absolute atomic E-state index is 13.1. The first kappa shape index (κ1) is 16.8. The van der Waals surface area contributed by atoms with Crippen LogP contribution in [-0.4, -0.2) is 18.5 Å². The van der Waals surface area contributed by atoms with Crippen LogP contribution in [-0.2, 0) is 14.3 Å². The van der Waals surface area contributed by atoms with Gasteiger partial charge in [0.1, 0.15) is 6.61 Å². The summed E-state index contributed by atoms with van der Waals surface area (Å²) in [5.74, 6) is -0.609. The van der Waals surface area contributed by atoms with Crippen molar-refractivity contribution >= 4 is 28.3 Å². The average molecular weight is 369 g/mol. The summed E-state index contributed by atoms with van der Waals surface area (Å²) in [6.07, 6.45) is 0.250. The zero-order valence-electron chi connectivity index (χ0n) is 15.5. The second-order valence-electron chi connectivity index (χ2n) is 7.37. The Hall–Kier alpha value is -3.40. The number of esters is 1. The molecule has 1 unspecified atom stereocenters. The number of carbonyl (C=O) groups is 2. The largest absolute Gasteiger partial charge is 0.456 e. The monoisotopic (exact) mass is 369 g/mol. The summed E-state index contributed by atoms with van der Waals surface area (Å²) >= 11 is 0. The fourth-order valence-electron chi connectivity index (χ4n) is 4.23. The third-order valence-electron chi connectivity index (χ3n) is 5.55. The summed E-state index contributed by atoms with van der Waals surface area (Å²) in [7, 11) is 0. The molecule has 0 fully saturated rings. The van der Waals surface area contributed by atoms with E-state index in [-0.39, 0.29) is 30.8 Å². The standard InChI is InChI=1S/C24H19NO3/c1-15-5-4-8-19(11-15)25-21-14-28-24(27)23(21)20(13-22(25)26)18-10-9-16-6-2-3-7-17(16)12-18/h2-12,20H,13-14H2,1H3. The molecule has 0 aliphatic carbocycles. The van der Waals surface area contributed by atoms with E-state index in [1.165, 1.54) is 0 Å². The highest BCUT2D eigenvalue weighted by Gasteiger charge is 2.42. The predicted molar refractivity (Wildman–Crippen MR) is 108 cm³/mol. The van der Waals surface area contributed by atoms with Crippen LogP contribution in [0.4, 0.5) is 5.69 Å². The van der Waals surface area contributed by atoms with Crippen LogP contribution >= 0.6 is 0 Å². The van der Waals surface area contributed by atoms with Gasteiger partial charge in [-0.05, 0) is 41.0 Å². The summed E-state index contributed by atoms with van der Waals surface area (Å²) in [5.41, 5.74) is 4.10. The van der Waals surface area contributed by atoms with E-state index >= 15 is 0 Å². The number of amides is 1. The number of rotatable bonds is 2. The molecule has 4 heteroatoms. The van der Waals surface area contributed by atoms with E-state index < -0.39 is 0 Å². The Labute approximate surface area is 163 Å². The molecule has 2 aliphatic rings. The van der Waals surface area contributed by atoms with E-state index in [1.54, 1.807) is 4.90 Å². The Balaban J connectivity index is 1.64. The van der Waals surface area contributed by atoms with E-state index in [0.717, 1.165) is 27.6 Å². The van der Waals surface area contributed by atoms with Crippen molar-refractivity contribution in [2.45, 2.75) is 19.3 Å². The van der Waals surface area contributed by atoms with Crippen molar-refractivity contribution in [3.63, 3.8) is 0 Å². The molecule has 0 N–H and O–H groups in total. The topological polar surface area (TPSA) is 46.6 Å². The van der Waals surface area contributed by atoms with Crippen LogP contribution in [0.3, 0.4) is 0 Å². The molecular formula is C24H19NO3. The van der Waals surface area contributed by atoms with Crippen molar-refractivity contribution in [2.75, 3.05) is 11.5 Å². The van der Waals surface area contributed by atoms with Gasteiger partial charge in [-0.25, -0.2) is 4.79 Å². The van der Waals surface area contributed by atoms with Gasteiger partial charge in [0.25, 0.3) is 0 Å². The Morgan fingerprint density at radius 1 is 0.929 bits per heavy atom. The maximum Gasteiger partial charge on any atom is 0.336 e. The van der Waals surface area contributed by atoms with Crippen molar-refractivity contribution in [1.29, 1.82) is 0 Å². The summed E-state index contributed by atoms with van der Waals surface area (Å²) in [5, 5.41) is 2.24. The van der Waals surface area contributed by atoms with Crippen LogP contribution in [0.5, 0.6) is 0 Å². The minimum atomic E-state index is -0.321. The highest BCUT2D eigenvalue weighted by atomic mass is 16.5. The quantitative estimate of drug-likeness (QED) is 0.626. The lowest BCUT2D eigenvalue weighted by Gasteiger charge is -2.32. The fraction of sp³-hybridized carbons (Fsp3) is 0.167. The van der Waals surface area contributed by atoms with Crippen molar-refractivity contribution < 1.29 is 14.3 Å². The molecule has 1 atom stereocenters. The van der Waals surface area contributed by atoms with Gasteiger partial charge in [0.05, 0.1) is 11.3 Å². The first-order valence-corrected chi connectivity index (χ1v) is 9.40. The number of hydrogen-bond acceptors (Lipinski definition) is 3. The van der Waals surface area contributed by atoms with Crippen LogP contribution in [0.1, 0.15) is 23.5 Å². The second-order valence-corrected chi connectivity index (χ2v) is 7.37. The van der Waals surface area contributed by atoms with Gasteiger partial charge < -0.3 is 4.74 Å². The molecule has 5 rings (SSSR count). The van der Waals surface area contributed by atoms with Crippen LogP contribution < -0.4 is 4.90 Å². The number of ether oxygens (including phenoxy) is 1. The number of nitrogens with zero attached hydrogens (tertiary/aromatic N) is 1.